The van der Waals surface area contributed by atoms with E-state index in [0.29, 0.717) is 32.7 Å². The number of nitrogen functional groups attached to an aromatic ring is 1. The minimum atomic E-state index is -0.489. The summed E-state index contributed by atoms with van der Waals surface area (Å²) in [6, 6.07) is 5.68. The van der Waals surface area contributed by atoms with E-state index in [4.69, 9.17) is 10.5 Å². The number of nitrogens with one attached hydrogen (secondary N) is 1. The van der Waals surface area contributed by atoms with E-state index in [1.165, 1.54) is 0 Å². The molecule has 0 aliphatic carbocycles. The highest BCUT2D eigenvalue weighted by Gasteiger charge is 2.27. The maximum atomic E-state index is 12.2. The Hall–Kier alpha value is -3.10. The molecule has 28 heavy (non-hydrogen) atoms. The van der Waals surface area contributed by atoms with Crippen LogP contribution in [0.3, 0.4) is 0 Å². The Bertz CT molecular complexity index is 814. The summed E-state index contributed by atoms with van der Waals surface area (Å²) in [6.45, 7) is 8.69. The third kappa shape index (κ3) is 5.21. The van der Waals surface area contributed by atoms with Crippen molar-refractivity contribution in [1.82, 2.24) is 19.9 Å². The van der Waals surface area contributed by atoms with Crippen molar-refractivity contribution in [3.8, 4) is 0 Å². The number of pyridine rings is 1. The average molecular weight is 385 g/mol. The molecule has 0 bridgehead atoms. The molecule has 0 atom stereocenters. The zero-order chi connectivity index (χ0) is 20.1. The molecule has 2 aromatic rings. The Kier molecular flexibility index (Phi) is 5.81. The molecule has 0 aromatic carbocycles. The van der Waals surface area contributed by atoms with Crippen molar-refractivity contribution < 1.29 is 9.53 Å². The molecule has 1 aliphatic heterocycles. The second kappa shape index (κ2) is 8.28. The Morgan fingerprint density at radius 2 is 1.93 bits per heavy atom. The summed E-state index contributed by atoms with van der Waals surface area (Å²) in [5.41, 5.74) is 6.86. The Balaban J connectivity index is 1.61. The van der Waals surface area contributed by atoms with Crippen LogP contribution in [-0.2, 0) is 11.3 Å². The monoisotopic (exact) mass is 385 g/mol. The lowest BCUT2D eigenvalue weighted by molar-refractivity contribution is 0.0240. The molecular weight excluding hydrogens is 358 g/mol. The van der Waals surface area contributed by atoms with Crippen LogP contribution in [0.5, 0.6) is 0 Å². The Labute approximate surface area is 164 Å². The standard InChI is InChI=1S/C19H27N7O2/c1-19(2,3)28-18(27)26-11-9-25(10-12-26)16-15(5-4-7-21-16)23-13-14-6-8-22-17(20)24-14/h4-8,23H,9-13H2,1-3H3,(H2,20,22,24). The van der Waals surface area contributed by atoms with Crippen LogP contribution < -0.4 is 16.0 Å². The van der Waals surface area contributed by atoms with Gasteiger partial charge < -0.3 is 25.6 Å². The SMILES string of the molecule is CC(C)(C)OC(=O)N1CCN(c2ncccc2NCc2ccnc(N)n2)CC1. The number of nitrogens with zero attached hydrogens (tertiary/aromatic N) is 5. The van der Waals surface area contributed by atoms with Gasteiger partial charge in [-0.3, -0.25) is 0 Å². The minimum absolute atomic E-state index is 0.254. The predicted octanol–water partition coefficient (Wildman–Crippen LogP) is 2.12. The van der Waals surface area contributed by atoms with Crippen molar-refractivity contribution in [2.45, 2.75) is 32.9 Å². The second-order valence-corrected chi connectivity index (χ2v) is 7.59. The average Bonchev–Trinajstić information content (AvgIpc) is 2.65. The predicted molar refractivity (Wildman–Crippen MR) is 108 cm³/mol. The number of carbonyl (C=O) groups excluding carboxylic acids is 1. The first kappa shape index (κ1) is 19.7. The summed E-state index contributed by atoms with van der Waals surface area (Å²) < 4.78 is 5.46. The van der Waals surface area contributed by atoms with Crippen LogP contribution in [0.2, 0.25) is 0 Å². The van der Waals surface area contributed by atoms with Crippen molar-refractivity contribution in [2.75, 3.05) is 42.1 Å². The molecule has 0 saturated carbocycles. The molecule has 0 spiro atoms. The van der Waals surface area contributed by atoms with E-state index in [0.717, 1.165) is 17.2 Å². The lowest BCUT2D eigenvalue weighted by Gasteiger charge is -2.36. The smallest absolute Gasteiger partial charge is 0.410 e. The molecule has 9 nitrogen and oxygen atoms in total. The topological polar surface area (TPSA) is 110 Å². The first-order valence-electron chi connectivity index (χ1n) is 9.31. The quantitative estimate of drug-likeness (QED) is 0.824. The van der Waals surface area contributed by atoms with Gasteiger partial charge in [-0.1, -0.05) is 0 Å². The molecule has 1 saturated heterocycles. The molecule has 3 rings (SSSR count). The molecule has 2 aromatic heterocycles. The van der Waals surface area contributed by atoms with Crippen LogP contribution in [0.1, 0.15) is 26.5 Å². The fraction of sp³-hybridized carbons (Fsp3) is 0.474. The fourth-order valence-corrected chi connectivity index (χ4v) is 2.91. The second-order valence-electron chi connectivity index (χ2n) is 7.59. The molecule has 1 aliphatic rings. The van der Waals surface area contributed by atoms with E-state index < -0.39 is 5.60 Å². The highest BCUT2D eigenvalue weighted by Crippen LogP contribution is 2.24. The first-order valence-corrected chi connectivity index (χ1v) is 9.31. The fourth-order valence-electron chi connectivity index (χ4n) is 2.91. The lowest BCUT2D eigenvalue weighted by Crippen LogP contribution is -2.50. The van der Waals surface area contributed by atoms with E-state index >= 15 is 0 Å². The van der Waals surface area contributed by atoms with Crippen molar-refractivity contribution in [2.24, 2.45) is 0 Å². The van der Waals surface area contributed by atoms with Gasteiger partial charge in [0.15, 0.2) is 5.82 Å². The van der Waals surface area contributed by atoms with Gasteiger partial charge >= 0.3 is 6.09 Å². The number of anilines is 3. The Morgan fingerprint density at radius 3 is 2.61 bits per heavy atom. The van der Waals surface area contributed by atoms with Gasteiger partial charge in [-0.2, -0.15) is 0 Å². The van der Waals surface area contributed by atoms with Gasteiger partial charge in [0, 0.05) is 38.6 Å². The van der Waals surface area contributed by atoms with Crippen molar-refractivity contribution in [3.63, 3.8) is 0 Å². The number of amides is 1. The van der Waals surface area contributed by atoms with E-state index in [-0.39, 0.29) is 12.0 Å². The minimum Gasteiger partial charge on any atom is -0.444 e. The van der Waals surface area contributed by atoms with Gasteiger partial charge in [-0.15, -0.1) is 0 Å². The summed E-state index contributed by atoms with van der Waals surface area (Å²) in [5.74, 6) is 1.11. The van der Waals surface area contributed by atoms with Crippen molar-refractivity contribution >= 4 is 23.5 Å². The number of piperazine rings is 1. The highest BCUT2D eigenvalue weighted by molar-refractivity contribution is 5.70. The van der Waals surface area contributed by atoms with Gasteiger partial charge in [0.05, 0.1) is 17.9 Å². The molecule has 9 heteroatoms. The summed E-state index contributed by atoms with van der Waals surface area (Å²) >= 11 is 0. The Morgan fingerprint density at radius 1 is 1.18 bits per heavy atom. The lowest BCUT2D eigenvalue weighted by atomic mass is 10.2. The number of hydrogen-bond donors (Lipinski definition) is 2. The number of ether oxygens (including phenoxy) is 1. The maximum absolute atomic E-state index is 12.2. The third-order valence-corrected chi connectivity index (χ3v) is 4.21. The number of hydrogen-bond acceptors (Lipinski definition) is 8. The number of aromatic nitrogens is 3. The van der Waals surface area contributed by atoms with Gasteiger partial charge in [-0.25, -0.2) is 19.7 Å². The molecule has 150 valence electrons. The van der Waals surface area contributed by atoms with Crippen molar-refractivity contribution in [1.29, 1.82) is 0 Å². The summed E-state index contributed by atoms with van der Waals surface area (Å²) in [4.78, 5) is 28.8. The van der Waals surface area contributed by atoms with E-state index in [2.05, 4.69) is 25.2 Å². The zero-order valence-corrected chi connectivity index (χ0v) is 16.6. The van der Waals surface area contributed by atoms with Crippen LogP contribution in [0.15, 0.2) is 30.6 Å². The summed E-state index contributed by atoms with van der Waals surface area (Å²) in [6.07, 6.45) is 3.14. The van der Waals surface area contributed by atoms with Gasteiger partial charge in [-0.05, 0) is 39.0 Å². The molecule has 3 heterocycles. The molecule has 3 N–H and O–H groups in total. The molecular formula is C19H27N7O2. The van der Waals surface area contributed by atoms with E-state index in [1.54, 1.807) is 17.3 Å². The third-order valence-electron chi connectivity index (χ3n) is 4.21. The molecule has 0 unspecified atom stereocenters. The molecule has 1 amide bonds. The van der Waals surface area contributed by atoms with Gasteiger partial charge in [0.25, 0.3) is 0 Å². The number of nitrogens with two attached hydrogens (primary N) is 1. The van der Waals surface area contributed by atoms with E-state index in [1.807, 2.05) is 39.0 Å². The number of rotatable bonds is 4. The maximum Gasteiger partial charge on any atom is 0.410 e. The normalized spacial score (nSPS) is 14.7. The molecule has 1 fully saturated rings. The van der Waals surface area contributed by atoms with E-state index in [9.17, 15) is 4.79 Å². The van der Waals surface area contributed by atoms with Gasteiger partial charge in [0.2, 0.25) is 5.95 Å². The van der Waals surface area contributed by atoms with Crippen LogP contribution in [0.4, 0.5) is 22.2 Å². The van der Waals surface area contributed by atoms with Crippen LogP contribution in [0.25, 0.3) is 0 Å². The van der Waals surface area contributed by atoms with Crippen LogP contribution in [-0.4, -0.2) is 57.7 Å². The van der Waals surface area contributed by atoms with Gasteiger partial charge in [0.1, 0.15) is 5.60 Å². The zero-order valence-electron chi connectivity index (χ0n) is 16.6. The largest absolute Gasteiger partial charge is 0.444 e. The summed E-state index contributed by atoms with van der Waals surface area (Å²) in [5, 5.41) is 3.36. The van der Waals surface area contributed by atoms with Crippen LogP contribution >= 0.6 is 0 Å². The van der Waals surface area contributed by atoms with Crippen molar-refractivity contribution in [3.05, 3.63) is 36.3 Å². The number of carbonyl (C=O) groups is 1. The molecule has 0 radical (unpaired) electrons. The highest BCUT2D eigenvalue weighted by atomic mass is 16.6. The first-order chi connectivity index (χ1) is 13.3. The summed E-state index contributed by atoms with van der Waals surface area (Å²) in [7, 11) is 0. The van der Waals surface area contributed by atoms with Crippen LogP contribution in [0, 0.1) is 0 Å².